The minimum Gasteiger partial charge on any atom is -0.526 e. The van der Waals surface area contributed by atoms with E-state index in [-0.39, 0.29) is 5.97 Å². The van der Waals surface area contributed by atoms with Crippen LogP contribution in [0.2, 0.25) is 32.7 Å². The third-order valence-corrected chi connectivity index (χ3v) is 7.89. The fourth-order valence-electron chi connectivity index (χ4n) is 2.00. The highest BCUT2D eigenvalue weighted by atomic mass is 28.4. The van der Waals surface area contributed by atoms with Crippen molar-refractivity contribution >= 4 is 33.8 Å². The topological polar surface area (TPSA) is 35.5 Å². The number of hydrogen-bond donors (Lipinski definition) is 0. The molecule has 132 valence electrons. The van der Waals surface area contributed by atoms with Crippen LogP contribution in [0.5, 0.6) is 0 Å². The molecular formula is C16H38O3Si3. The van der Waals surface area contributed by atoms with Gasteiger partial charge in [0.15, 0.2) is 17.4 Å². The van der Waals surface area contributed by atoms with Crippen molar-refractivity contribution in [2.75, 3.05) is 0 Å². The molecule has 0 unspecified atom stereocenters. The highest BCUT2D eigenvalue weighted by Crippen LogP contribution is 2.07. The van der Waals surface area contributed by atoms with Crippen molar-refractivity contribution in [1.82, 2.24) is 0 Å². The summed E-state index contributed by atoms with van der Waals surface area (Å²) >= 11 is 0. The number of unbranched alkanes of at least 4 members (excludes halogenated alkanes) is 6. The van der Waals surface area contributed by atoms with Crippen molar-refractivity contribution in [3.05, 3.63) is 12.2 Å². The summed E-state index contributed by atoms with van der Waals surface area (Å²) in [6.07, 6.45) is 12.3. The van der Waals surface area contributed by atoms with E-state index in [1.807, 2.05) is 6.08 Å². The molecule has 3 nitrogen and oxygen atoms in total. The summed E-state index contributed by atoms with van der Waals surface area (Å²) in [7, 11) is -1.40. The molecule has 0 aliphatic heterocycles. The number of hydrogen-bond acceptors (Lipinski definition) is 3. The monoisotopic (exact) mass is 362 g/mol. The van der Waals surface area contributed by atoms with Gasteiger partial charge in [-0.05, 0) is 45.6 Å². The largest absolute Gasteiger partial charge is 0.526 e. The number of rotatable bonds is 10. The maximum absolute atomic E-state index is 10.7. The van der Waals surface area contributed by atoms with E-state index in [2.05, 4.69) is 44.1 Å². The van der Waals surface area contributed by atoms with Crippen molar-refractivity contribution in [1.29, 1.82) is 0 Å². The van der Waals surface area contributed by atoms with Crippen LogP contribution in [-0.2, 0) is 13.3 Å². The summed E-state index contributed by atoms with van der Waals surface area (Å²) < 4.78 is 10.3. The van der Waals surface area contributed by atoms with Gasteiger partial charge in [0, 0.05) is 6.08 Å². The Labute approximate surface area is 144 Å². The molecule has 0 saturated carbocycles. The maximum atomic E-state index is 10.7. The van der Waals surface area contributed by atoms with Gasteiger partial charge in [-0.25, -0.2) is 4.79 Å². The van der Waals surface area contributed by atoms with Crippen LogP contribution in [0.3, 0.4) is 0 Å². The molecule has 0 aliphatic carbocycles. The molecule has 0 fully saturated rings. The Kier molecular flexibility index (Phi) is 17.2. The van der Waals surface area contributed by atoms with Gasteiger partial charge >= 0.3 is 5.97 Å². The summed E-state index contributed by atoms with van der Waals surface area (Å²) in [4.78, 5) is 10.7. The summed E-state index contributed by atoms with van der Waals surface area (Å²) in [5, 5.41) is 0. The molecule has 0 aromatic carbocycles. The molecule has 0 radical (unpaired) electrons. The van der Waals surface area contributed by atoms with Gasteiger partial charge in [0.1, 0.15) is 0 Å². The summed E-state index contributed by atoms with van der Waals surface area (Å²) in [6, 6.07) is 0. The van der Waals surface area contributed by atoms with E-state index in [0.717, 1.165) is 6.42 Å². The quantitative estimate of drug-likeness (QED) is 0.335. The second-order valence-electron chi connectivity index (χ2n) is 6.76. The van der Waals surface area contributed by atoms with Crippen LogP contribution in [0.1, 0.15) is 51.9 Å². The predicted octanol–water partition coefficient (Wildman–Crippen LogP) is 3.94. The van der Waals surface area contributed by atoms with Crippen LogP contribution < -0.4 is 0 Å². The number of carbonyl (C=O) groups is 1. The van der Waals surface area contributed by atoms with Crippen molar-refractivity contribution in [2.24, 2.45) is 0 Å². The number of allylic oxidation sites excluding steroid dienone is 1. The molecule has 0 saturated heterocycles. The minimum absolute atomic E-state index is 0.192. The minimum atomic E-state index is -1.16. The molecule has 6 heteroatoms. The van der Waals surface area contributed by atoms with E-state index < -0.39 is 17.4 Å². The summed E-state index contributed by atoms with van der Waals surface area (Å²) in [6.45, 7) is 13.4. The molecule has 0 rings (SSSR count). The molecule has 0 atom stereocenters. The second kappa shape index (κ2) is 15.7. The van der Waals surface area contributed by atoms with Crippen LogP contribution in [0, 0.1) is 0 Å². The summed E-state index contributed by atoms with van der Waals surface area (Å²) in [5.41, 5.74) is 0. The van der Waals surface area contributed by atoms with Crippen LogP contribution in [0.15, 0.2) is 12.2 Å². The SMILES string of the molecule is CCCCCCCCC=CC(=O)O[SiH3].C[SiH](C)O[Si](C)(C)C. The average molecular weight is 363 g/mol. The van der Waals surface area contributed by atoms with E-state index in [4.69, 9.17) is 4.12 Å². The molecule has 0 heterocycles. The Morgan fingerprint density at radius 2 is 1.64 bits per heavy atom. The molecule has 0 spiro atoms. The first-order chi connectivity index (χ1) is 10.2. The van der Waals surface area contributed by atoms with Crippen molar-refractivity contribution < 1.29 is 13.3 Å². The van der Waals surface area contributed by atoms with Crippen molar-refractivity contribution in [2.45, 2.75) is 84.6 Å². The Bertz CT molecular complexity index is 287. The van der Waals surface area contributed by atoms with Crippen LogP contribution in [0.4, 0.5) is 0 Å². The first kappa shape index (κ1) is 24.1. The van der Waals surface area contributed by atoms with E-state index >= 15 is 0 Å². The van der Waals surface area contributed by atoms with Gasteiger partial charge in [-0.15, -0.1) is 0 Å². The highest BCUT2D eigenvalue weighted by molar-refractivity contribution is 6.76. The van der Waals surface area contributed by atoms with Crippen molar-refractivity contribution in [3.8, 4) is 0 Å². The molecule has 0 aromatic rings. The molecular weight excluding hydrogens is 324 g/mol. The lowest BCUT2D eigenvalue weighted by molar-refractivity contribution is -0.128. The average Bonchev–Trinajstić information content (AvgIpc) is 2.39. The second-order valence-corrected chi connectivity index (χ2v) is 14.4. The fourth-order valence-corrected chi connectivity index (χ4v) is 7.79. The van der Waals surface area contributed by atoms with Crippen LogP contribution in [-0.4, -0.2) is 33.8 Å². The molecule has 22 heavy (non-hydrogen) atoms. The predicted molar refractivity (Wildman–Crippen MR) is 106 cm³/mol. The Morgan fingerprint density at radius 1 is 1.09 bits per heavy atom. The third kappa shape index (κ3) is 24.8. The molecule has 0 bridgehead atoms. The van der Waals surface area contributed by atoms with E-state index in [0.29, 0.717) is 10.5 Å². The Morgan fingerprint density at radius 3 is 2.05 bits per heavy atom. The number of carbonyl (C=O) groups excluding carboxylic acids is 1. The van der Waals surface area contributed by atoms with Gasteiger partial charge < -0.3 is 8.54 Å². The Balaban J connectivity index is 0. The van der Waals surface area contributed by atoms with Gasteiger partial charge in [-0.2, -0.15) is 0 Å². The molecule has 0 N–H and O–H groups in total. The standard InChI is InChI=1S/C11H22O2Si.C5H16OSi2/c1-2-3-4-5-6-7-8-9-10-11(12)13-14;1-7(2)6-8(3,4)5/h9-10H,2-8H2,1,14H3;7H,1-5H3. The van der Waals surface area contributed by atoms with E-state index in [9.17, 15) is 4.79 Å². The first-order valence-electron chi connectivity index (χ1n) is 8.65. The zero-order valence-corrected chi connectivity index (χ0v) is 20.1. The highest BCUT2D eigenvalue weighted by Gasteiger charge is 2.14. The Hall–Kier alpha value is -0.179. The van der Waals surface area contributed by atoms with Crippen LogP contribution in [0.25, 0.3) is 0 Å². The van der Waals surface area contributed by atoms with Crippen LogP contribution >= 0.6 is 0 Å². The van der Waals surface area contributed by atoms with E-state index in [1.165, 1.54) is 38.5 Å². The fraction of sp³-hybridized carbons (Fsp3) is 0.812. The molecule has 0 aromatic heterocycles. The lowest BCUT2D eigenvalue weighted by Gasteiger charge is -2.19. The lowest BCUT2D eigenvalue weighted by atomic mass is 10.1. The third-order valence-electron chi connectivity index (χ3n) is 2.77. The van der Waals surface area contributed by atoms with Gasteiger partial charge in [0.25, 0.3) is 0 Å². The zero-order valence-electron chi connectivity index (χ0n) is 15.9. The van der Waals surface area contributed by atoms with Gasteiger partial charge in [0.05, 0.1) is 0 Å². The van der Waals surface area contributed by atoms with Gasteiger partial charge in [0.2, 0.25) is 10.5 Å². The summed E-state index contributed by atoms with van der Waals surface area (Å²) in [5.74, 6) is -0.192. The van der Waals surface area contributed by atoms with E-state index in [1.54, 1.807) is 6.08 Å². The van der Waals surface area contributed by atoms with Gasteiger partial charge in [-0.3, -0.25) is 0 Å². The molecule has 0 aliphatic rings. The van der Waals surface area contributed by atoms with Gasteiger partial charge in [-0.1, -0.05) is 45.1 Å². The lowest BCUT2D eigenvalue weighted by Crippen LogP contribution is -2.31. The smallest absolute Gasteiger partial charge is 0.316 e. The first-order valence-corrected chi connectivity index (χ1v) is 15.7. The zero-order chi connectivity index (χ0) is 17.4. The van der Waals surface area contributed by atoms with Crippen molar-refractivity contribution in [3.63, 3.8) is 0 Å². The normalized spacial score (nSPS) is 11.6. The maximum Gasteiger partial charge on any atom is 0.316 e. The molecule has 0 amide bonds.